The number of benzene rings is 1. The highest BCUT2D eigenvalue weighted by molar-refractivity contribution is 14.0. The third-order valence-electron chi connectivity index (χ3n) is 3.83. The number of aromatic nitrogens is 2. The number of hydrogen-bond donors (Lipinski definition) is 2. The summed E-state index contributed by atoms with van der Waals surface area (Å²) >= 11 is 0. The van der Waals surface area contributed by atoms with E-state index < -0.39 is 0 Å². The van der Waals surface area contributed by atoms with Gasteiger partial charge in [-0.15, -0.1) is 24.0 Å². The number of aliphatic imine (C=N–C) groups is 1. The molecule has 1 aliphatic carbocycles. The van der Waals surface area contributed by atoms with Crippen molar-refractivity contribution < 1.29 is 4.52 Å². The van der Waals surface area contributed by atoms with Crippen LogP contribution in [0.2, 0.25) is 0 Å². The summed E-state index contributed by atoms with van der Waals surface area (Å²) in [6.45, 7) is 2.86. The molecule has 7 heteroatoms. The van der Waals surface area contributed by atoms with E-state index in [2.05, 4.69) is 37.9 Å². The summed E-state index contributed by atoms with van der Waals surface area (Å²) in [6.07, 6.45) is 4.22. The van der Waals surface area contributed by atoms with Gasteiger partial charge in [-0.05, 0) is 37.0 Å². The number of halogens is 1. The molecular formula is C17H24IN5O. The molecule has 0 saturated heterocycles. The van der Waals surface area contributed by atoms with Crippen LogP contribution >= 0.6 is 24.0 Å². The van der Waals surface area contributed by atoms with Gasteiger partial charge >= 0.3 is 0 Å². The zero-order valence-electron chi connectivity index (χ0n) is 14.1. The van der Waals surface area contributed by atoms with Crippen molar-refractivity contribution in [2.24, 2.45) is 4.99 Å². The minimum absolute atomic E-state index is 0. The van der Waals surface area contributed by atoms with E-state index >= 15 is 0 Å². The van der Waals surface area contributed by atoms with E-state index in [-0.39, 0.29) is 24.0 Å². The maximum atomic E-state index is 5.25. The molecule has 1 fully saturated rings. The molecule has 0 atom stereocenters. The van der Waals surface area contributed by atoms with Crippen LogP contribution in [0.3, 0.4) is 0 Å². The molecule has 130 valence electrons. The molecule has 24 heavy (non-hydrogen) atoms. The first kappa shape index (κ1) is 18.7. The summed E-state index contributed by atoms with van der Waals surface area (Å²) < 4.78 is 5.25. The largest absolute Gasteiger partial charge is 0.356 e. The van der Waals surface area contributed by atoms with Gasteiger partial charge in [0.2, 0.25) is 0 Å². The second-order valence-electron chi connectivity index (χ2n) is 5.73. The van der Waals surface area contributed by atoms with Crippen molar-refractivity contribution in [1.82, 2.24) is 20.8 Å². The molecule has 0 spiro atoms. The average Bonchev–Trinajstić information content (AvgIpc) is 3.27. The SMILES string of the molecule is CCc1noc(-c2ccc(CCNC(=NC)NC3CC3)cc2)n1.I. The van der Waals surface area contributed by atoms with Gasteiger partial charge in [-0.3, -0.25) is 4.99 Å². The van der Waals surface area contributed by atoms with E-state index in [1.54, 1.807) is 0 Å². The van der Waals surface area contributed by atoms with E-state index in [4.69, 9.17) is 4.52 Å². The van der Waals surface area contributed by atoms with E-state index in [0.29, 0.717) is 11.9 Å². The van der Waals surface area contributed by atoms with Crippen molar-refractivity contribution >= 4 is 29.9 Å². The lowest BCUT2D eigenvalue weighted by Gasteiger charge is -2.11. The lowest BCUT2D eigenvalue weighted by molar-refractivity contribution is 0.423. The van der Waals surface area contributed by atoms with Gasteiger partial charge in [-0.1, -0.05) is 24.2 Å². The van der Waals surface area contributed by atoms with Crippen LogP contribution in [-0.4, -0.2) is 35.7 Å². The number of aryl methyl sites for hydroxylation is 1. The van der Waals surface area contributed by atoms with Crippen molar-refractivity contribution in [1.29, 1.82) is 0 Å². The Labute approximate surface area is 159 Å². The van der Waals surface area contributed by atoms with E-state index in [1.807, 2.05) is 26.1 Å². The molecular weight excluding hydrogens is 417 g/mol. The molecule has 6 nitrogen and oxygen atoms in total. The normalized spacial score (nSPS) is 14.2. The van der Waals surface area contributed by atoms with E-state index in [9.17, 15) is 0 Å². The minimum atomic E-state index is 0. The maximum Gasteiger partial charge on any atom is 0.257 e. The fourth-order valence-electron chi connectivity index (χ4n) is 2.27. The fraction of sp³-hybridized carbons (Fsp3) is 0.471. The molecule has 2 aromatic rings. The summed E-state index contributed by atoms with van der Waals surface area (Å²) in [7, 11) is 1.81. The summed E-state index contributed by atoms with van der Waals surface area (Å²) in [5.74, 6) is 2.21. The second kappa shape index (κ2) is 9.00. The predicted octanol–water partition coefficient (Wildman–Crippen LogP) is 2.79. The molecule has 0 aliphatic heterocycles. The van der Waals surface area contributed by atoms with Crippen LogP contribution in [0.1, 0.15) is 31.2 Å². The van der Waals surface area contributed by atoms with Crippen molar-refractivity contribution in [3.63, 3.8) is 0 Å². The van der Waals surface area contributed by atoms with Crippen molar-refractivity contribution in [2.45, 2.75) is 38.6 Å². The minimum Gasteiger partial charge on any atom is -0.356 e. The third-order valence-corrected chi connectivity index (χ3v) is 3.83. The van der Waals surface area contributed by atoms with Gasteiger partial charge in [0.15, 0.2) is 11.8 Å². The van der Waals surface area contributed by atoms with Gasteiger partial charge in [0.1, 0.15) is 0 Å². The fourth-order valence-corrected chi connectivity index (χ4v) is 2.27. The average molecular weight is 441 g/mol. The molecule has 1 heterocycles. The number of nitrogens with one attached hydrogen (secondary N) is 2. The zero-order chi connectivity index (χ0) is 16.1. The standard InChI is InChI=1S/C17H23N5O.HI/c1-3-15-21-16(23-22-15)13-6-4-12(5-7-13)10-11-19-17(18-2)20-14-8-9-14;/h4-7,14H,3,8-11H2,1-2H3,(H2,18,19,20);1H. The van der Waals surface area contributed by atoms with Crippen LogP contribution < -0.4 is 10.6 Å². The molecule has 2 N–H and O–H groups in total. The Morgan fingerprint density at radius 3 is 2.62 bits per heavy atom. The van der Waals surface area contributed by atoms with E-state index in [0.717, 1.165) is 36.7 Å². The van der Waals surface area contributed by atoms with Gasteiger partial charge in [0.05, 0.1) is 0 Å². The molecule has 0 unspecified atom stereocenters. The first-order valence-corrected chi connectivity index (χ1v) is 8.17. The van der Waals surface area contributed by atoms with Crippen molar-refractivity contribution in [3.05, 3.63) is 35.7 Å². The quantitative estimate of drug-likeness (QED) is 0.410. The Hall–Kier alpha value is -1.64. The molecule has 0 bridgehead atoms. The number of guanidine groups is 1. The maximum absolute atomic E-state index is 5.25. The Morgan fingerprint density at radius 2 is 2.04 bits per heavy atom. The number of hydrogen-bond acceptors (Lipinski definition) is 4. The van der Waals surface area contributed by atoms with Gasteiger partial charge in [-0.25, -0.2) is 0 Å². The van der Waals surface area contributed by atoms with Crippen LogP contribution in [0, 0.1) is 0 Å². The highest BCUT2D eigenvalue weighted by Gasteiger charge is 2.21. The lowest BCUT2D eigenvalue weighted by Crippen LogP contribution is -2.39. The molecule has 1 aromatic carbocycles. The molecule has 1 aliphatic rings. The highest BCUT2D eigenvalue weighted by atomic mass is 127. The summed E-state index contributed by atoms with van der Waals surface area (Å²) in [5, 5.41) is 10.6. The number of nitrogens with zero attached hydrogens (tertiary/aromatic N) is 3. The Kier molecular flexibility index (Phi) is 7.01. The van der Waals surface area contributed by atoms with Gasteiger partial charge < -0.3 is 15.2 Å². The molecule has 1 aromatic heterocycles. The zero-order valence-corrected chi connectivity index (χ0v) is 16.4. The van der Waals surface area contributed by atoms with Gasteiger partial charge in [0, 0.05) is 31.6 Å². The van der Waals surface area contributed by atoms with E-state index in [1.165, 1.54) is 18.4 Å². The van der Waals surface area contributed by atoms with Crippen molar-refractivity contribution in [3.8, 4) is 11.5 Å². The van der Waals surface area contributed by atoms with Crippen molar-refractivity contribution in [2.75, 3.05) is 13.6 Å². The summed E-state index contributed by atoms with van der Waals surface area (Å²) in [5.41, 5.74) is 2.22. The molecule has 0 amide bonds. The van der Waals surface area contributed by atoms with Crippen LogP contribution in [-0.2, 0) is 12.8 Å². The Morgan fingerprint density at radius 1 is 1.29 bits per heavy atom. The molecule has 0 radical (unpaired) electrons. The van der Waals surface area contributed by atoms with Crippen LogP contribution in [0.25, 0.3) is 11.5 Å². The topological polar surface area (TPSA) is 75.3 Å². The van der Waals surface area contributed by atoms with Gasteiger partial charge in [0.25, 0.3) is 5.89 Å². The lowest BCUT2D eigenvalue weighted by atomic mass is 10.1. The summed E-state index contributed by atoms with van der Waals surface area (Å²) in [4.78, 5) is 8.57. The highest BCUT2D eigenvalue weighted by Crippen LogP contribution is 2.19. The predicted molar refractivity (Wildman–Crippen MR) is 106 cm³/mol. The Bertz CT molecular complexity index is 664. The van der Waals surface area contributed by atoms with Gasteiger partial charge in [-0.2, -0.15) is 4.98 Å². The van der Waals surface area contributed by atoms with Crippen LogP contribution in [0.15, 0.2) is 33.8 Å². The summed E-state index contributed by atoms with van der Waals surface area (Å²) in [6, 6.07) is 8.87. The molecule has 1 saturated carbocycles. The monoisotopic (exact) mass is 441 g/mol. The smallest absolute Gasteiger partial charge is 0.257 e. The van der Waals surface area contributed by atoms with Crippen LogP contribution in [0.5, 0.6) is 0 Å². The van der Waals surface area contributed by atoms with Crippen LogP contribution in [0.4, 0.5) is 0 Å². The third kappa shape index (κ3) is 5.19. The molecule has 3 rings (SSSR count). The Balaban J connectivity index is 0.00000208. The first-order valence-electron chi connectivity index (χ1n) is 8.17. The number of rotatable bonds is 6. The second-order valence-corrected chi connectivity index (χ2v) is 5.73. The first-order chi connectivity index (χ1) is 11.3.